The molecule has 0 bridgehead atoms. The van der Waals surface area contributed by atoms with Gasteiger partial charge in [-0.05, 0) is 25.2 Å². The van der Waals surface area contributed by atoms with Gasteiger partial charge in [0.2, 0.25) is 11.8 Å². The lowest BCUT2D eigenvalue weighted by molar-refractivity contribution is -0.155. The van der Waals surface area contributed by atoms with Gasteiger partial charge in [-0.1, -0.05) is 13.8 Å². The summed E-state index contributed by atoms with van der Waals surface area (Å²) in [6.45, 7) is 4.01. The fraction of sp³-hybridized carbons (Fsp3) is 0.818. The average molecular weight is 226 g/mol. The number of rotatable bonds is 2. The van der Waals surface area contributed by atoms with Crippen molar-refractivity contribution in [3.05, 3.63) is 0 Å². The highest BCUT2D eigenvalue weighted by molar-refractivity contribution is 5.97. The van der Waals surface area contributed by atoms with Crippen molar-refractivity contribution in [3.63, 3.8) is 0 Å². The van der Waals surface area contributed by atoms with Crippen molar-refractivity contribution in [1.29, 1.82) is 0 Å². The lowest BCUT2D eigenvalue weighted by Gasteiger charge is -2.36. The molecule has 0 aromatic carbocycles. The van der Waals surface area contributed by atoms with Crippen LogP contribution in [0.3, 0.4) is 0 Å². The number of hydrogen-bond donors (Lipinski definition) is 2. The molecule has 5 nitrogen and oxygen atoms in total. The van der Waals surface area contributed by atoms with Crippen LogP contribution in [0.1, 0.15) is 33.1 Å². The fourth-order valence-electron chi connectivity index (χ4n) is 2.49. The second-order valence-electron chi connectivity index (χ2n) is 5.01. The molecule has 2 N–H and O–H groups in total. The van der Waals surface area contributed by atoms with E-state index in [1.807, 2.05) is 13.8 Å². The van der Waals surface area contributed by atoms with Crippen molar-refractivity contribution >= 4 is 11.8 Å². The lowest BCUT2D eigenvalue weighted by atomic mass is 9.99. The Bertz CT molecular complexity index is 316. The van der Waals surface area contributed by atoms with Crippen LogP contribution in [-0.2, 0) is 9.59 Å². The van der Waals surface area contributed by atoms with Crippen LogP contribution in [-0.4, -0.2) is 40.1 Å². The Morgan fingerprint density at radius 3 is 2.75 bits per heavy atom. The topological polar surface area (TPSA) is 69.6 Å². The first-order valence-electron chi connectivity index (χ1n) is 5.81. The standard InChI is InChI=1S/C11H18N2O3/c1-6(2)5-7-11(16)13-8(10(15)12-7)3-4-9(13)14/h6-9,14H,3-5H2,1-2H3,(H,12,15). The summed E-state index contributed by atoms with van der Waals surface area (Å²) in [5.74, 6) is 0.0793. The maximum Gasteiger partial charge on any atom is 0.247 e. The van der Waals surface area contributed by atoms with Crippen LogP contribution >= 0.6 is 0 Å². The van der Waals surface area contributed by atoms with Gasteiger partial charge in [0, 0.05) is 0 Å². The predicted octanol–water partition coefficient (Wildman–Crippen LogP) is -0.160. The molecule has 0 aromatic rings. The van der Waals surface area contributed by atoms with Crippen molar-refractivity contribution in [2.24, 2.45) is 5.92 Å². The number of carbonyl (C=O) groups excluding carboxylic acids is 2. The molecular formula is C11H18N2O3. The zero-order chi connectivity index (χ0) is 11.9. The van der Waals surface area contributed by atoms with E-state index in [1.54, 1.807) is 0 Å². The van der Waals surface area contributed by atoms with E-state index in [4.69, 9.17) is 0 Å². The molecule has 2 heterocycles. The number of aliphatic hydroxyl groups excluding tert-OH is 1. The number of nitrogens with zero attached hydrogens (tertiary/aromatic N) is 1. The quantitative estimate of drug-likeness (QED) is 0.687. The van der Waals surface area contributed by atoms with E-state index < -0.39 is 18.3 Å². The van der Waals surface area contributed by atoms with Gasteiger partial charge in [0.05, 0.1) is 0 Å². The monoisotopic (exact) mass is 226 g/mol. The SMILES string of the molecule is CC(C)CC1NC(=O)C2CCC(O)N2C1=O. The molecule has 3 unspecified atom stereocenters. The van der Waals surface area contributed by atoms with Gasteiger partial charge in [-0.15, -0.1) is 0 Å². The Balaban J connectivity index is 2.15. The molecule has 0 spiro atoms. The van der Waals surface area contributed by atoms with Crippen molar-refractivity contribution in [2.45, 2.75) is 51.4 Å². The number of fused-ring (bicyclic) bond motifs is 1. The molecule has 2 amide bonds. The average Bonchev–Trinajstić information content (AvgIpc) is 2.56. The fourth-order valence-corrected chi connectivity index (χ4v) is 2.49. The first-order valence-corrected chi connectivity index (χ1v) is 5.81. The van der Waals surface area contributed by atoms with E-state index in [9.17, 15) is 14.7 Å². The molecule has 0 aliphatic carbocycles. The molecule has 5 heteroatoms. The Kier molecular flexibility index (Phi) is 2.88. The largest absolute Gasteiger partial charge is 0.373 e. The molecule has 2 aliphatic rings. The minimum atomic E-state index is -0.779. The molecule has 2 saturated heterocycles. The molecule has 2 rings (SSSR count). The molecule has 2 aliphatic heterocycles. The van der Waals surface area contributed by atoms with Gasteiger partial charge >= 0.3 is 0 Å². The van der Waals surface area contributed by atoms with Gasteiger partial charge in [0.25, 0.3) is 0 Å². The minimum Gasteiger partial charge on any atom is -0.373 e. The van der Waals surface area contributed by atoms with E-state index in [0.717, 1.165) is 0 Å². The van der Waals surface area contributed by atoms with Crippen LogP contribution in [0.2, 0.25) is 0 Å². The Morgan fingerprint density at radius 2 is 2.12 bits per heavy atom. The third-order valence-corrected chi connectivity index (χ3v) is 3.23. The predicted molar refractivity (Wildman–Crippen MR) is 57.3 cm³/mol. The normalized spacial score (nSPS) is 34.2. The summed E-state index contributed by atoms with van der Waals surface area (Å²) in [7, 11) is 0. The van der Waals surface area contributed by atoms with E-state index >= 15 is 0 Å². The van der Waals surface area contributed by atoms with Crippen molar-refractivity contribution in [2.75, 3.05) is 0 Å². The van der Waals surface area contributed by atoms with Gasteiger partial charge < -0.3 is 15.3 Å². The summed E-state index contributed by atoms with van der Waals surface area (Å²) in [6.07, 6.45) is 0.907. The summed E-state index contributed by atoms with van der Waals surface area (Å²) in [6, 6.07) is -0.914. The lowest BCUT2D eigenvalue weighted by Crippen LogP contribution is -2.63. The van der Waals surface area contributed by atoms with Crippen LogP contribution in [0.15, 0.2) is 0 Å². The Hall–Kier alpha value is -1.10. The van der Waals surface area contributed by atoms with E-state index in [2.05, 4.69) is 5.32 Å². The number of carbonyl (C=O) groups is 2. The number of hydrogen-bond acceptors (Lipinski definition) is 3. The third-order valence-electron chi connectivity index (χ3n) is 3.23. The molecule has 3 atom stereocenters. The van der Waals surface area contributed by atoms with Crippen molar-refractivity contribution in [1.82, 2.24) is 10.2 Å². The van der Waals surface area contributed by atoms with E-state index in [1.165, 1.54) is 4.90 Å². The number of nitrogens with one attached hydrogen (secondary N) is 1. The summed E-state index contributed by atoms with van der Waals surface area (Å²) in [5.41, 5.74) is 0. The van der Waals surface area contributed by atoms with Crippen LogP contribution in [0.4, 0.5) is 0 Å². The summed E-state index contributed by atoms with van der Waals surface area (Å²) in [4.78, 5) is 25.1. The zero-order valence-electron chi connectivity index (χ0n) is 9.64. The number of piperazine rings is 1. The van der Waals surface area contributed by atoms with Gasteiger partial charge in [-0.2, -0.15) is 0 Å². The van der Waals surface area contributed by atoms with Gasteiger partial charge in [-0.3, -0.25) is 9.59 Å². The molecule has 16 heavy (non-hydrogen) atoms. The summed E-state index contributed by atoms with van der Waals surface area (Å²) < 4.78 is 0. The van der Waals surface area contributed by atoms with Crippen molar-refractivity contribution < 1.29 is 14.7 Å². The number of amides is 2. The second-order valence-corrected chi connectivity index (χ2v) is 5.01. The Morgan fingerprint density at radius 1 is 1.44 bits per heavy atom. The van der Waals surface area contributed by atoms with Gasteiger partial charge in [0.1, 0.15) is 18.3 Å². The van der Waals surface area contributed by atoms with Gasteiger partial charge in [0.15, 0.2) is 0 Å². The molecule has 0 aromatic heterocycles. The maximum atomic E-state index is 12.0. The van der Waals surface area contributed by atoms with Crippen LogP contribution in [0.5, 0.6) is 0 Å². The van der Waals surface area contributed by atoms with Crippen LogP contribution < -0.4 is 5.32 Å². The van der Waals surface area contributed by atoms with E-state index in [0.29, 0.717) is 25.2 Å². The molecule has 0 saturated carbocycles. The highest BCUT2D eigenvalue weighted by atomic mass is 16.3. The first kappa shape index (κ1) is 11.4. The van der Waals surface area contributed by atoms with Crippen LogP contribution in [0, 0.1) is 5.92 Å². The highest BCUT2D eigenvalue weighted by Gasteiger charge is 2.46. The summed E-state index contributed by atoms with van der Waals surface area (Å²) >= 11 is 0. The molecule has 0 radical (unpaired) electrons. The number of aliphatic hydroxyl groups is 1. The Labute approximate surface area is 94.8 Å². The van der Waals surface area contributed by atoms with Crippen molar-refractivity contribution in [3.8, 4) is 0 Å². The third kappa shape index (κ3) is 1.80. The van der Waals surface area contributed by atoms with Crippen LogP contribution in [0.25, 0.3) is 0 Å². The summed E-state index contributed by atoms with van der Waals surface area (Å²) in [5, 5.41) is 12.4. The zero-order valence-corrected chi connectivity index (χ0v) is 9.64. The molecule has 90 valence electrons. The second kappa shape index (κ2) is 4.05. The molecule has 2 fully saturated rings. The highest BCUT2D eigenvalue weighted by Crippen LogP contribution is 2.27. The smallest absolute Gasteiger partial charge is 0.247 e. The van der Waals surface area contributed by atoms with Gasteiger partial charge in [-0.25, -0.2) is 0 Å². The minimum absolute atomic E-state index is 0.123. The first-order chi connectivity index (χ1) is 7.50. The van der Waals surface area contributed by atoms with E-state index in [-0.39, 0.29) is 11.8 Å². The molecular weight excluding hydrogens is 208 g/mol. The maximum absolute atomic E-state index is 12.0.